The number of anilines is 1. The second-order valence-electron chi connectivity index (χ2n) is 5.64. The zero-order valence-corrected chi connectivity index (χ0v) is 13.4. The van der Waals surface area contributed by atoms with E-state index in [9.17, 15) is 4.79 Å². The minimum atomic E-state index is -0.190. The van der Waals surface area contributed by atoms with E-state index in [0.717, 1.165) is 25.1 Å². The van der Waals surface area contributed by atoms with Crippen molar-refractivity contribution in [1.82, 2.24) is 5.32 Å². The Hall–Kier alpha value is -2.66. The van der Waals surface area contributed by atoms with Crippen LogP contribution in [-0.2, 0) is 4.74 Å². The van der Waals surface area contributed by atoms with Crippen molar-refractivity contribution in [2.75, 3.05) is 18.5 Å². The van der Waals surface area contributed by atoms with Crippen molar-refractivity contribution in [3.63, 3.8) is 0 Å². The van der Waals surface area contributed by atoms with Crippen LogP contribution in [0.2, 0.25) is 0 Å². The van der Waals surface area contributed by atoms with E-state index in [-0.39, 0.29) is 12.0 Å². The fourth-order valence-electron chi connectivity index (χ4n) is 2.52. The van der Waals surface area contributed by atoms with Gasteiger partial charge in [-0.05, 0) is 37.1 Å². The van der Waals surface area contributed by atoms with Gasteiger partial charge in [-0.25, -0.2) is 4.99 Å². The molecule has 0 saturated carbocycles. The summed E-state index contributed by atoms with van der Waals surface area (Å²) >= 11 is 0. The van der Waals surface area contributed by atoms with Gasteiger partial charge in [0.05, 0.1) is 12.6 Å². The zero-order valence-electron chi connectivity index (χ0n) is 13.4. The lowest BCUT2D eigenvalue weighted by atomic mass is 10.2. The minimum absolute atomic E-state index is 0.131. The third-order valence-electron chi connectivity index (χ3n) is 3.78. The Morgan fingerprint density at radius 1 is 1.08 bits per heavy atom. The molecule has 0 radical (unpaired) electrons. The first-order valence-electron chi connectivity index (χ1n) is 8.16. The lowest BCUT2D eigenvalue weighted by Gasteiger charge is -2.13. The van der Waals surface area contributed by atoms with Gasteiger partial charge in [-0.2, -0.15) is 0 Å². The number of aliphatic imine (C=N–C) groups is 1. The first kappa shape index (κ1) is 16.2. The molecule has 0 spiro atoms. The van der Waals surface area contributed by atoms with Gasteiger partial charge < -0.3 is 10.1 Å². The summed E-state index contributed by atoms with van der Waals surface area (Å²) in [6, 6.07) is 18.8. The van der Waals surface area contributed by atoms with E-state index in [2.05, 4.69) is 15.6 Å². The summed E-state index contributed by atoms with van der Waals surface area (Å²) in [6.07, 6.45) is 2.21. The molecule has 3 rings (SSSR count). The van der Waals surface area contributed by atoms with E-state index in [1.165, 1.54) is 0 Å². The van der Waals surface area contributed by atoms with Crippen LogP contribution in [0.4, 0.5) is 5.69 Å². The number of carbonyl (C=O) groups is 1. The first-order valence-corrected chi connectivity index (χ1v) is 8.16. The number of para-hydroxylation sites is 1. The van der Waals surface area contributed by atoms with Crippen molar-refractivity contribution < 1.29 is 9.53 Å². The van der Waals surface area contributed by atoms with Crippen molar-refractivity contribution in [3.8, 4) is 0 Å². The van der Waals surface area contributed by atoms with Crippen molar-refractivity contribution in [1.29, 1.82) is 0 Å². The predicted molar refractivity (Wildman–Crippen MR) is 95.2 cm³/mol. The molecule has 2 aromatic rings. The molecule has 0 unspecified atom stereocenters. The highest BCUT2D eigenvalue weighted by atomic mass is 16.5. The summed E-state index contributed by atoms with van der Waals surface area (Å²) in [7, 11) is 0. The summed E-state index contributed by atoms with van der Waals surface area (Å²) < 4.78 is 5.60. The summed E-state index contributed by atoms with van der Waals surface area (Å²) in [4.78, 5) is 16.9. The fourth-order valence-corrected chi connectivity index (χ4v) is 2.52. The molecule has 2 N–H and O–H groups in total. The summed E-state index contributed by atoms with van der Waals surface area (Å²) in [5, 5.41) is 6.02. The van der Waals surface area contributed by atoms with Gasteiger partial charge in [0.2, 0.25) is 5.96 Å². The van der Waals surface area contributed by atoms with Crippen molar-refractivity contribution in [2.24, 2.45) is 4.99 Å². The van der Waals surface area contributed by atoms with Crippen LogP contribution in [0.15, 0.2) is 65.7 Å². The molecule has 0 bridgehead atoms. The predicted octanol–water partition coefficient (Wildman–Crippen LogP) is 3.06. The van der Waals surface area contributed by atoms with Gasteiger partial charge in [-0.3, -0.25) is 10.1 Å². The third kappa shape index (κ3) is 4.67. The van der Waals surface area contributed by atoms with Gasteiger partial charge in [-0.15, -0.1) is 0 Å². The molecule has 5 heteroatoms. The van der Waals surface area contributed by atoms with E-state index in [1.54, 1.807) is 12.1 Å². The molecule has 1 aliphatic rings. The van der Waals surface area contributed by atoms with Crippen molar-refractivity contribution in [2.45, 2.75) is 18.9 Å². The number of amides is 1. The van der Waals surface area contributed by atoms with E-state index in [4.69, 9.17) is 4.74 Å². The molecule has 1 aliphatic heterocycles. The van der Waals surface area contributed by atoms with Gasteiger partial charge in [0.1, 0.15) is 0 Å². The SMILES string of the molecule is O=C(NC(=NC[C@H]1CCCO1)Nc1ccccc1)c1ccccc1. The van der Waals surface area contributed by atoms with Crippen LogP contribution in [0.3, 0.4) is 0 Å². The number of rotatable bonds is 4. The van der Waals surface area contributed by atoms with E-state index < -0.39 is 0 Å². The van der Waals surface area contributed by atoms with Gasteiger partial charge in [0.25, 0.3) is 5.91 Å². The van der Waals surface area contributed by atoms with E-state index in [1.807, 2.05) is 48.5 Å². The monoisotopic (exact) mass is 323 g/mol. The second kappa shape index (κ2) is 8.26. The molecule has 0 aromatic heterocycles. The quantitative estimate of drug-likeness (QED) is 0.671. The Morgan fingerprint density at radius 2 is 1.79 bits per heavy atom. The third-order valence-corrected chi connectivity index (χ3v) is 3.78. The summed E-state index contributed by atoms with van der Waals surface area (Å²) in [6.45, 7) is 1.32. The largest absolute Gasteiger partial charge is 0.376 e. The van der Waals surface area contributed by atoms with Crippen LogP contribution in [-0.4, -0.2) is 31.1 Å². The fraction of sp³-hybridized carbons (Fsp3) is 0.263. The van der Waals surface area contributed by atoms with Gasteiger partial charge in [0.15, 0.2) is 0 Å². The number of guanidine groups is 1. The first-order chi connectivity index (χ1) is 11.8. The average Bonchev–Trinajstić information content (AvgIpc) is 3.15. The maximum Gasteiger partial charge on any atom is 0.257 e. The molecule has 1 fully saturated rings. The topological polar surface area (TPSA) is 62.7 Å². The highest BCUT2D eigenvalue weighted by Crippen LogP contribution is 2.12. The Labute approximate surface area is 141 Å². The second-order valence-corrected chi connectivity index (χ2v) is 5.64. The summed E-state index contributed by atoms with van der Waals surface area (Å²) in [5.41, 5.74) is 1.47. The van der Waals surface area contributed by atoms with Crippen LogP contribution < -0.4 is 10.6 Å². The molecule has 2 aromatic carbocycles. The number of nitrogens with zero attached hydrogens (tertiary/aromatic N) is 1. The molecule has 1 saturated heterocycles. The van der Waals surface area contributed by atoms with Gasteiger partial charge in [0, 0.05) is 17.9 Å². The van der Waals surface area contributed by atoms with Crippen LogP contribution >= 0.6 is 0 Å². The average molecular weight is 323 g/mol. The Bertz CT molecular complexity index is 680. The zero-order chi connectivity index (χ0) is 16.6. The maximum atomic E-state index is 12.4. The van der Waals surface area contributed by atoms with Crippen LogP contribution in [0.1, 0.15) is 23.2 Å². The molecular formula is C19H21N3O2. The molecule has 124 valence electrons. The highest BCUT2D eigenvalue weighted by Gasteiger charge is 2.16. The van der Waals surface area contributed by atoms with Gasteiger partial charge >= 0.3 is 0 Å². The number of hydrogen-bond acceptors (Lipinski definition) is 3. The van der Waals surface area contributed by atoms with Crippen LogP contribution in [0, 0.1) is 0 Å². The lowest BCUT2D eigenvalue weighted by Crippen LogP contribution is -2.36. The maximum absolute atomic E-state index is 12.4. The summed E-state index contributed by atoms with van der Waals surface area (Å²) in [5.74, 6) is 0.246. The number of carbonyl (C=O) groups excluding carboxylic acids is 1. The molecule has 1 amide bonds. The highest BCUT2D eigenvalue weighted by molar-refractivity contribution is 6.09. The van der Waals surface area contributed by atoms with Crippen molar-refractivity contribution in [3.05, 3.63) is 66.2 Å². The number of nitrogens with one attached hydrogen (secondary N) is 2. The smallest absolute Gasteiger partial charge is 0.257 e. The van der Waals surface area contributed by atoms with Crippen molar-refractivity contribution >= 4 is 17.6 Å². The Balaban J connectivity index is 1.70. The van der Waals surface area contributed by atoms with E-state index in [0.29, 0.717) is 18.1 Å². The molecular weight excluding hydrogens is 302 g/mol. The molecule has 5 nitrogen and oxygen atoms in total. The number of hydrogen-bond donors (Lipinski definition) is 2. The van der Waals surface area contributed by atoms with E-state index >= 15 is 0 Å². The molecule has 1 atom stereocenters. The normalized spacial score (nSPS) is 17.5. The van der Waals surface area contributed by atoms with Gasteiger partial charge in [-0.1, -0.05) is 36.4 Å². The number of benzene rings is 2. The molecule has 0 aliphatic carbocycles. The Kier molecular flexibility index (Phi) is 5.58. The molecule has 24 heavy (non-hydrogen) atoms. The Morgan fingerprint density at radius 3 is 2.46 bits per heavy atom. The van der Waals surface area contributed by atoms with Crippen LogP contribution in [0.25, 0.3) is 0 Å². The number of ether oxygens (including phenoxy) is 1. The molecule has 1 heterocycles. The van der Waals surface area contributed by atoms with Crippen LogP contribution in [0.5, 0.6) is 0 Å². The minimum Gasteiger partial charge on any atom is -0.376 e. The lowest BCUT2D eigenvalue weighted by molar-refractivity contribution is 0.0975. The standard InChI is InChI=1S/C19H21N3O2/c23-18(15-8-3-1-4-9-15)22-19(20-14-17-12-7-13-24-17)21-16-10-5-2-6-11-16/h1-6,8-11,17H,7,12-14H2,(H2,20,21,22,23)/t17-/m1/s1.